The molecule has 0 saturated carbocycles. The van der Waals surface area contributed by atoms with Crippen molar-refractivity contribution in [2.45, 2.75) is 45.2 Å². The lowest BCUT2D eigenvalue weighted by molar-refractivity contribution is -0.338. The van der Waals surface area contributed by atoms with E-state index in [1.165, 1.54) is 0 Å². The fourth-order valence-corrected chi connectivity index (χ4v) is 4.80. The third-order valence-corrected chi connectivity index (χ3v) is 6.13. The summed E-state index contributed by atoms with van der Waals surface area (Å²) in [5.41, 5.74) is -0.116. The number of nitriles is 2. The summed E-state index contributed by atoms with van der Waals surface area (Å²) in [6.07, 6.45) is -10.6. The van der Waals surface area contributed by atoms with Gasteiger partial charge in [-0.3, -0.25) is 0 Å². The van der Waals surface area contributed by atoms with Gasteiger partial charge in [0.25, 0.3) is 0 Å². The molecule has 2 atom stereocenters. The Labute approximate surface area is 161 Å². The van der Waals surface area contributed by atoms with Crippen molar-refractivity contribution in [3.63, 3.8) is 0 Å². The Morgan fingerprint density at radius 2 is 1.75 bits per heavy atom. The summed E-state index contributed by atoms with van der Waals surface area (Å²) >= 11 is 1.03. The van der Waals surface area contributed by atoms with Crippen molar-refractivity contribution in [1.29, 1.82) is 10.5 Å². The zero-order valence-corrected chi connectivity index (χ0v) is 15.9. The van der Waals surface area contributed by atoms with E-state index in [-0.39, 0.29) is 16.6 Å². The number of hydrogen-bond acceptors (Lipinski definition) is 5. The molecule has 1 aliphatic heterocycles. The van der Waals surface area contributed by atoms with Crippen LogP contribution in [0.3, 0.4) is 0 Å². The summed E-state index contributed by atoms with van der Waals surface area (Å²) in [4.78, 5) is 1.65. The molecule has 2 rings (SSSR count). The maximum atomic E-state index is 13.6. The maximum absolute atomic E-state index is 13.6. The van der Waals surface area contributed by atoms with Gasteiger partial charge in [0, 0.05) is 11.1 Å². The lowest BCUT2D eigenvalue weighted by atomic mass is 9.66. The second kappa shape index (κ2) is 6.68. The minimum absolute atomic E-state index is 0.0721. The second-order valence-corrected chi connectivity index (χ2v) is 7.82. The summed E-state index contributed by atoms with van der Waals surface area (Å²) < 4.78 is 81.7. The molecule has 0 aromatic carbocycles. The molecular formula is C17H16F6N4S. The first-order valence-electron chi connectivity index (χ1n) is 8.03. The predicted octanol–water partition coefficient (Wildman–Crippen LogP) is 4.75. The molecule has 0 amide bonds. The number of thiophene rings is 1. The first-order valence-corrected chi connectivity index (χ1v) is 8.85. The quantitative estimate of drug-likeness (QED) is 0.698. The van der Waals surface area contributed by atoms with Crippen LogP contribution in [0.4, 0.5) is 31.3 Å². The van der Waals surface area contributed by atoms with E-state index in [1.54, 1.807) is 13.8 Å². The fraction of sp³-hybridized carbons (Fsp3) is 0.529. The number of aryl methyl sites for hydroxylation is 1. The summed E-state index contributed by atoms with van der Waals surface area (Å²) in [5.74, 6) is -2.70. The minimum atomic E-state index is -5.80. The minimum Gasteiger partial charge on any atom is -0.319 e. The van der Waals surface area contributed by atoms with Crippen LogP contribution in [-0.2, 0) is 6.42 Å². The molecule has 28 heavy (non-hydrogen) atoms. The third-order valence-electron chi connectivity index (χ3n) is 4.99. The number of nitrogens with zero attached hydrogens (tertiary/aromatic N) is 3. The van der Waals surface area contributed by atoms with Gasteiger partial charge in [0.1, 0.15) is 22.7 Å². The van der Waals surface area contributed by atoms with E-state index in [0.717, 1.165) is 29.2 Å². The van der Waals surface area contributed by atoms with Crippen LogP contribution in [0.2, 0.25) is 0 Å². The Hall–Kier alpha value is -2.24. The van der Waals surface area contributed by atoms with Crippen LogP contribution in [0.5, 0.6) is 0 Å². The van der Waals surface area contributed by atoms with Crippen LogP contribution < -0.4 is 10.6 Å². The molecule has 4 nitrogen and oxygen atoms in total. The van der Waals surface area contributed by atoms with Crippen molar-refractivity contribution < 1.29 is 26.3 Å². The molecule has 2 heterocycles. The topological polar surface area (TPSA) is 76.8 Å². The van der Waals surface area contributed by atoms with Crippen molar-refractivity contribution >= 4 is 16.3 Å². The van der Waals surface area contributed by atoms with E-state index in [2.05, 4.69) is 0 Å². The SMILES string of the molecule is CCc1c(C)sc(N2C=CC(C(F)(F)F)(C(F)(F)F)C(C#N)C2(C)N)c1C#N. The summed E-state index contributed by atoms with van der Waals surface area (Å²) in [5, 5.41) is 18.9. The van der Waals surface area contributed by atoms with E-state index < -0.39 is 29.3 Å². The van der Waals surface area contributed by atoms with Crippen LogP contribution in [0.1, 0.15) is 29.9 Å². The first kappa shape index (κ1) is 22.1. The zero-order valence-electron chi connectivity index (χ0n) is 15.0. The molecule has 0 bridgehead atoms. The molecule has 1 aromatic heterocycles. The van der Waals surface area contributed by atoms with Crippen LogP contribution in [-0.4, -0.2) is 18.0 Å². The van der Waals surface area contributed by atoms with Crippen molar-refractivity contribution in [3.8, 4) is 12.1 Å². The summed E-state index contributed by atoms with van der Waals surface area (Å²) in [6.45, 7) is 4.38. The van der Waals surface area contributed by atoms with Crippen LogP contribution in [0.15, 0.2) is 12.3 Å². The molecule has 0 radical (unpaired) electrons. The van der Waals surface area contributed by atoms with Gasteiger partial charge in [-0.25, -0.2) is 0 Å². The Morgan fingerprint density at radius 1 is 1.21 bits per heavy atom. The standard InChI is InChI=1S/C17H16F6N4S/c1-4-10-9(2)28-13(11(10)7-24)27-6-5-15(16(18,19)20,17(21,22)23)12(8-25)14(27,3)26/h5-6,12H,4,26H2,1-3H3. The monoisotopic (exact) mass is 422 g/mol. The van der Waals surface area contributed by atoms with Gasteiger partial charge in [0.05, 0.1) is 11.6 Å². The Morgan fingerprint density at radius 3 is 2.14 bits per heavy atom. The lowest BCUT2D eigenvalue weighted by Gasteiger charge is -2.51. The Bertz CT molecular complexity index is 868. The average molecular weight is 422 g/mol. The van der Waals surface area contributed by atoms with Crippen LogP contribution >= 0.6 is 11.3 Å². The highest BCUT2D eigenvalue weighted by molar-refractivity contribution is 7.16. The van der Waals surface area contributed by atoms with Gasteiger partial charge in [0.2, 0.25) is 0 Å². The maximum Gasteiger partial charge on any atom is 0.408 e. The smallest absolute Gasteiger partial charge is 0.319 e. The van der Waals surface area contributed by atoms with E-state index in [9.17, 15) is 36.9 Å². The Kier molecular flexibility index (Phi) is 5.26. The number of halogens is 6. The van der Waals surface area contributed by atoms with Gasteiger partial charge in [-0.05, 0) is 31.9 Å². The van der Waals surface area contributed by atoms with Crippen molar-refractivity contribution in [2.24, 2.45) is 17.1 Å². The van der Waals surface area contributed by atoms with Crippen molar-refractivity contribution in [1.82, 2.24) is 0 Å². The van der Waals surface area contributed by atoms with Gasteiger partial charge < -0.3 is 10.6 Å². The van der Waals surface area contributed by atoms with Gasteiger partial charge in [-0.2, -0.15) is 36.9 Å². The molecule has 152 valence electrons. The molecule has 11 heteroatoms. The highest BCUT2D eigenvalue weighted by Crippen LogP contribution is 2.60. The van der Waals surface area contributed by atoms with Crippen LogP contribution in [0.25, 0.3) is 0 Å². The first-order chi connectivity index (χ1) is 12.7. The highest BCUT2D eigenvalue weighted by atomic mass is 32.1. The molecule has 2 unspecified atom stereocenters. The number of rotatable bonds is 2. The van der Waals surface area contributed by atoms with Gasteiger partial charge >= 0.3 is 12.4 Å². The predicted molar refractivity (Wildman–Crippen MR) is 91.0 cm³/mol. The van der Waals surface area contributed by atoms with Gasteiger partial charge in [-0.1, -0.05) is 6.92 Å². The van der Waals surface area contributed by atoms with E-state index in [4.69, 9.17) is 5.73 Å². The van der Waals surface area contributed by atoms with Crippen molar-refractivity contribution in [3.05, 3.63) is 28.3 Å². The summed E-state index contributed by atoms with van der Waals surface area (Å²) in [6, 6.07) is 3.07. The largest absolute Gasteiger partial charge is 0.408 e. The van der Waals surface area contributed by atoms with Crippen LogP contribution in [0, 0.1) is 40.9 Å². The van der Waals surface area contributed by atoms with Gasteiger partial charge in [-0.15, -0.1) is 11.3 Å². The number of anilines is 1. The molecule has 2 N–H and O–H groups in total. The summed E-state index contributed by atoms with van der Waals surface area (Å²) in [7, 11) is 0. The second-order valence-electron chi connectivity index (χ2n) is 6.62. The van der Waals surface area contributed by atoms with E-state index >= 15 is 0 Å². The molecular weight excluding hydrogens is 406 g/mol. The lowest BCUT2D eigenvalue weighted by Crippen LogP contribution is -2.69. The number of alkyl halides is 6. The molecule has 0 saturated heterocycles. The number of hydrogen-bond donors (Lipinski definition) is 1. The number of nitrogens with two attached hydrogens (primary N) is 1. The molecule has 0 spiro atoms. The highest BCUT2D eigenvalue weighted by Gasteiger charge is 2.77. The number of allylic oxidation sites excluding steroid dienone is 1. The fourth-order valence-electron chi connectivity index (χ4n) is 3.52. The zero-order chi connectivity index (χ0) is 21.7. The molecule has 1 aromatic rings. The average Bonchev–Trinajstić information content (AvgIpc) is 2.86. The van der Waals surface area contributed by atoms with E-state index in [1.807, 2.05) is 6.07 Å². The third kappa shape index (κ3) is 2.85. The molecule has 0 fully saturated rings. The van der Waals surface area contributed by atoms with Gasteiger partial charge in [0.15, 0.2) is 5.41 Å². The molecule has 0 aliphatic carbocycles. The Balaban J connectivity index is 2.83. The molecule has 1 aliphatic rings. The van der Waals surface area contributed by atoms with E-state index in [0.29, 0.717) is 23.1 Å². The normalized spacial score (nSPS) is 24.7. The van der Waals surface area contributed by atoms with Crippen molar-refractivity contribution in [2.75, 3.05) is 4.90 Å².